The van der Waals surface area contributed by atoms with Crippen LogP contribution < -0.4 is 5.32 Å². The van der Waals surface area contributed by atoms with Gasteiger partial charge in [-0.2, -0.15) is 5.26 Å². The van der Waals surface area contributed by atoms with Crippen LogP contribution in [0.1, 0.15) is 5.76 Å². The van der Waals surface area contributed by atoms with Gasteiger partial charge in [0.2, 0.25) is 0 Å². The van der Waals surface area contributed by atoms with E-state index in [0.29, 0.717) is 11.3 Å². The molecule has 1 aromatic heterocycles. The van der Waals surface area contributed by atoms with Crippen LogP contribution in [0.3, 0.4) is 0 Å². The molecule has 0 saturated heterocycles. The third-order valence-corrected chi connectivity index (χ3v) is 3.34. The number of carboxylic acids is 1. The average Bonchev–Trinajstić information content (AvgIpc) is 2.92. The molecular weight excluding hydrogens is 324 g/mol. The summed E-state index contributed by atoms with van der Waals surface area (Å²) in [5.41, 5.74) is 0.956. The number of nitrogens with zero attached hydrogens (tertiary/aromatic N) is 3. The van der Waals surface area contributed by atoms with Crippen LogP contribution >= 0.6 is 0 Å². The van der Waals surface area contributed by atoms with E-state index < -0.39 is 18.4 Å². The van der Waals surface area contributed by atoms with Crippen molar-refractivity contribution in [3.63, 3.8) is 0 Å². The molecule has 0 atom stereocenters. The summed E-state index contributed by atoms with van der Waals surface area (Å²) < 4.78 is 5.49. The van der Waals surface area contributed by atoms with Crippen LogP contribution in [0.25, 0.3) is 11.0 Å². The van der Waals surface area contributed by atoms with Gasteiger partial charge in [0.1, 0.15) is 24.0 Å². The van der Waals surface area contributed by atoms with Gasteiger partial charge in [0.15, 0.2) is 11.4 Å². The minimum atomic E-state index is -1.19. The smallest absolute Gasteiger partial charge is 0.323 e. The summed E-state index contributed by atoms with van der Waals surface area (Å²) in [7, 11) is 1.29. The van der Waals surface area contributed by atoms with E-state index in [0.717, 1.165) is 16.0 Å². The number of likely N-dealkylation sites (N-methyl/N-ethyl adjacent to an activating group) is 1. The number of fused-ring (bicyclic) bond motifs is 1. The number of nitriles is 1. The van der Waals surface area contributed by atoms with Crippen molar-refractivity contribution >= 4 is 35.3 Å². The lowest BCUT2D eigenvalue weighted by atomic mass is 10.2. The Balaban J connectivity index is 2.34. The lowest BCUT2D eigenvalue weighted by Gasteiger charge is -2.15. The molecule has 0 radical (unpaired) electrons. The van der Waals surface area contributed by atoms with E-state index in [4.69, 9.17) is 9.52 Å². The Morgan fingerprint density at radius 2 is 2.16 bits per heavy atom. The summed E-state index contributed by atoms with van der Waals surface area (Å²) in [6.45, 7) is 4.66. The van der Waals surface area contributed by atoms with E-state index in [9.17, 15) is 14.9 Å². The van der Waals surface area contributed by atoms with Gasteiger partial charge in [0, 0.05) is 18.1 Å². The molecule has 8 nitrogen and oxygen atoms in total. The highest BCUT2D eigenvalue weighted by molar-refractivity contribution is 5.99. The summed E-state index contributed by atoms with van der Waals surface area (Å²) >= 11 is 0. The van der Waals surface area contributed by atoms with Crippen molar-refractivity contribution in [3.8, 4) is 6.07 Å². The largest absolute Gasteiger partial charge is 0.480 e. The van der Waals surface area contributed by atoms with Crippen molar-refractivity contribution in [3.05, 3.63) is 41.4 Å². The number of carbonyl (C=O) groups is 2. The molecule has 2 N–H and O–H groups in total. The molecule has 25 heavy (non-hydrogen) atoms. The zero-order valence-electron chi connectivity index (χ0n) is 13.7. The number of aliphatic carboxylic acids is 1. The molecule has 1 heterocycles. The lowest BCUT2D eigenvalue weighted by molar-refractivity contribution is -0.142. The Hall–Kier alpha value is -3.60. The number of anilines is 1. The Morgan fingerprint density at radius 3 is 2.76 bits per heavy atom. The van der Waals surface area contributed by atoms with E-state index in [-0.39, 0.29) is 11.4 Å². The van der Waals surface area contributed by atoms with Gasteiger partial charge in [-0.15, -0.1) is 0 Å². The van der Waals surface area contributed by atoms with Crippen molar-refractivity contribution in [2.45, 2.75) is 6.92 Å². The molecular formula is C17H16N4O4. The number of hydrogen-bond donors (Lipinski definition) is 2. The van der Waals surface area contributed by atoms with Crippen LogP contribution in [0.4, 0.5) is 5.69 Å². The molecule has 2 rings (SSSR count). The molecule has 0 spiro atoms. The Labute approximate surface area is 143 Å². The van der Waals surface area contributed by atoms with E-state index in [2.05, 4.69) is 17.0 Å². The number of hydrogen-bond acceptors (Lipinski definition) is 6. The number of furan rings is 1. The number of carboxylic acid groups (broad SMARTS) is 1. The molecule has 1 aromatic carbocycles. The number of nitrogens with one attached hydrogen (secondary N) is 1. The number of benzene rings is 1. The zero-order chi connectivity index (χ0) is 18.6. The quantitative estimate of drug-likeness (QED) is 0.472. The summed E-state index contributed by atoms with van der Waals surface area (Å²) in [5.74, 6) is -1.24. The third kappa shape index (κ3) is 4.03. The first-order chi connectivity index (χ1) is 11.8. The number of carbonyl (C=O) groups excluding carboxylic acids is 1. The predicted octanol–water partition coefficient (Wildman–Crippen LogP) is 2.13. The van der Waals surface area contributed by atoms with E-state index in [1.165, 1.54) is 7.05 Å². The fourth-order valence-corrected chi connectivity index (χ4v) is 2.24. The van der Waals surface area contributed by atoms with Crippen molar-refractivity contribution in [1.29, 1.82) is 5.26 Å². The molecule has 0 aliphatic heterocycles. The van der Waals surface area contributed by atoms with Crippen LogP contribution in [0, 0.1) is 18.3 Å². The molecule has 0 aliphatic carbocycles. The fourth-order valence-electron chi connectivity index (χ4n) is 2.24. The van der Waals surface area contributed by atoms with Crippen molar-refractivity contribution in [1.82, 2.24) is 4.90 Å². The average molecular weight is 340 g/mol. The van der Waals surface area contributed by atoms with E-state index >= 15 is 0 Å². The number of amides is 1. The van der Waals surface area contributed by atoms with Gasteiger partial charge in [0.25, 0.3) is 5.91 Å². The van der Waals surface area contributed by atoms with Crippen LogP contribution in [-0.4, -0.2) is 42.2 Å². The standard InChI is InChI=1S/C17H16N4O4/c1-10-6-11-7-12(4-5-14(11)25-10)20-16(19-2)13(8-18)17(24)21(3)9-15(22)23/h4-7,20H,2,9H2,1,3H3,(H,22,23)/b16-13+. The maximum atomic E-state index is 12.3. The fraction of sp³-hybridized carbons (Fsp3) is 0.176. The van der Waals surface area contributed by atoms with Gasteiger partial charge >= 0.3 is 5.97 Å². The Bertz CT molecular complexity index is 920. The zero-order valence-corrected chi connectivity index (χ0v) is 13.7. The van der Waals surface area contributed by atoms with Gasteiger partial charge in [-0.25, -0.2) is 4.99 Å². The summed E-state index contributed by atoms with van der Waals surface area (Å²) in [6.07, 6.45) is 0. The minimum absolute atomic E-state index is 0.0516. The van der Waals surface area contributed by atoms with Gasteiger partial charge < -0.3 is 19.7 Å². The Morgan fingerprint density at radius 1 is 1.44 bits per heavy atom. The van der Waals surface area contributed by atoms with Crippen LogP contribution in [0.15, 0.2) is 45.1 Å². The van der Waals surface area contributed by atoms with Gasteiger partial charge in [-0.3, -0.25) is 9.59 Å². The normalized spacial score (nSPS) is 11.4. The van der Waals surface area contributed by atoms with Crippen LogP contribution in [0.5, 0.6) is 0 Å². The molecule has 0 bridgehead atoms. The maximum Gasteiger partial charge on any atom is 0.323 e. The molecule has 0 saturated carbocycles. The summed E-state index contributed by atoms with van der Waals surface area (Å²) in [5, 5.41) is 21.8. The molecule has 1 amide bonds. The predicted molar refractivity (Wildman–Crippen MR) is 92.0 cm³/mol. The van der Waals surface area contributed by atoms with Crippen molar-refractivity contribution < 1.29 is 19.1 Å². The third-order valence-electron chi connectivity index (χ3n) is 3.34. The topological polar surface area (TPSA) is 119 Å². The summed E-state index contributed by atoms with van der Waals surface area (Å²) in [4.78, 5) is 27.6. The Kier molecular flexibility index (Phi) is 5.19. The lowest BCUT2D eigenvalue weighted by Crippen LogP contribution is -2.33. The molecule has 0 aliphatic rings. The number of aryl methyl sites for hydroxylation is 1. The first-order valence-corrected chi connectivity index (χ1v) is 7.21. The second kappa shape index (κ2) is 7.31. The highest BCUT2D eigenvalue weighted by atomic mass is 16.4. The second-order valence-electron chi connectivity index (χ2n) is 5.28. The van der Waals surface area contributed by atoms with Gasteiger partial charge in [-0.05, 0) is 37.9 Å². The van der Waals surface area contributed by atoms with Gasteiger partial charge in [-0.1, -0.05) is 0 Å². The monoisotopic (exact) mass is 340 g/mol. The van der Waals surface area contributed by atoms with Crippen molar-refractivity contribution in [2.24, 2.45) is 4.99 Å². The van der Waals surface area contributed by atoms with Gasteiger partial charge in [0.05, 0.1) is 0 Å². The van der Waals surface area contributed by atoms with E-state index in [1.54, 1.807) is 24.3 Å². The molecule has 0 unspecified atom stereocenters. The number of rotatable bonds is 6. The maximum absolute atomic E-state index is 12.3. The van der Waals surface area contributed by atoms with Crippen LogP contribution in [0.2, 0.25) is 0 Å². The minimum Gasteiger partial charge on any atom is -0.480 e. The second-order valence-corrected chi connectivity index (χ2v) is 5.28. The SMILES string of the molecule is C=N/C(Nc1ccc2oc(C)cc2c1)=C(/C#N)C(=O)N(C)CC(=O)O. The molecule has 0 fully saturated rings. The highest BCUT2D eigenvalue weighted by Gasteiger charge is 2.21. The molecule has 128 valence electrons. The van der Waals surface area contributed by atoms with E-state index in [1.807, 2.05) is 13.0 Å². The molecule has 8 heteroatoms. The molecule has 2 aromatic rings. The first-order valence-electron chi connectivity index (χ1n) is 7.21. The first kappa shape index (κ1) is 17.7. The van der Waals surface area contributed by atoms with Crippen LogP contribution in [-0.2, 0) is 9.59 Å². The van der Waals surface area contributed by atoms with Crippen molar-refractivity contribution in [2.75, 3.05) is 18.9 Å². The number of aliphatic imine (C=N–C) groups is 1. The highest BCUT2D eigenvalue weighted by Crippen LogP contribution is 2.24. The summed E-state index contributed by atoms with van der Waals surface area (Å²) in [6, 6.07) is 8.83.